The van der Waals surface area contributed by atoms with E-state index in [0.717, 1.165) is 13.1 Å². The Bertz CT molecular complexity index is 916. The number of carbonyl (C=O) groups excluding carboxylic acids is 1. The van der Waals surface area contributed by atoms with E-state index in [-0.39, 0.29) is 17.0 Å². The third-order valence-corrected chi connectivity index (χ3v) is 5.12. The monoisotopic (exact) mass is 345 g/mol. The molecule has 3 heterocycles. The molecule has 0 bridgehead atoms. The Labute approximate surface area is 144 Å². The maximum absolute atomic E-state index is 14.9. The van der Waals surface area contributed by atoms with Crippen molar-refractivity contribution in [1.29, 1.82) is 0 Å². The van der Waals surface area contributed by atoms with Crippen molar-refractivity contribution in [1.82, 2.24) is 9.47 Å². The molecule has 0 amide bonds. The highest BCUT2D eigenvalue weighted by atomic mass is 19.1. The van der Waals surface area contributed by atoms with Crippen LogP contribution in [0.5, 0.6) is 5.75 Å². The molecule has 0 saturated carbocycles. The Morgan fingerprint density at radius 2 is 2.00 bits per heavy atom. The minimum atomic E-state index is -0.478. The highest BCUT2D eigenvalue weighted by molar-refractivity contribution is 5.94. The number of hydrogen-bond acceptors (Lipinski definition) is 5. The number of anilines is 1. The van der Waals surface area contributed by atoms with Crippen molar-refractivity contribution in [3.63, 3.8) is 0 Å². The lowest BCUT2D eigenvalue weighted by molar-refractivity contribution is 0.112. The van der Waals surface area contributed by atoms with E-state index >= 15 is 0 Å². The maximum atomic E-state index is 14.9. The lowest BCUT2D eigenvalue weighted by Crippen LogP contribution is -2.45. The molecule has 1 saturated heterocycles. The molecule has 1 fully saturated rings. The summed E-state index contributed by atoms with van der Waals surface area (Å²) in [4.78, 5) is 27.9. The first kappa shape index (κ1) is 16.1. The molecule has 6 nitrogen and oxygen atoms in total. The molecule has 4 rings (SSSR count). The minimum absolute atomic E-state index is 0.0407. The fraction of sp³-hybridized carbons (Fsp3) is 0.444. The van der Waals surface area contributed by atoms with E-state index < -0.39 is 11.2 Å². The van der Waals surface area contributed by atoms with Crippen molar-refractivity contribution in [2.75, 3.05) is 44.7 Å². The molecule has 132 valence electrons. The Morgan fingerprint density at radius 3 is 2.68 bits per heavy atom. The summed E-state index contributed by atoms with van der Waals surface area (Å²) in [6, 6.07) is 1.21. The van der Waals surface area contributed by atoms with Gasteiger partial charge in [0.05, 0.1) is 22.5 Å². The molecule has 0 radical (unpaired) electrons. The van der Waals surface area contributed by atoms with Crippen molar-refractivity contribution in [3.05, 3.63) is 33.9 Å². The van der Waals surface area contributed by atoms with Gasteiger partial charge in [0.25, 0.3) is 0 Å². The summed E-state index contributed by atoms with van der Waals surface area (Å²) >= 11 is 0. The normalized spacial score (nSPS) is 20.6. The average molecular weight is 345 g/mol. The summed E-state index contributed by atoms with van der Waals surface area (Å²) in [6.45, 7) is 5.38. The Hall–Kier alpha value is -2.41. The number of piperazine rings is 1. The van der Waals surface area contributed by atoms with Crippen LogP contribution in [0.25, 0.3) is 10.9 Å². The number of benzene rings is 1. The van der Waals surface area contributed by atoms with E-state index in [1.54, 1.807) is 6.20 Å². The summed E-state index contributed by atoms with van der Waals surface area (Å²) in [7, 11) is 2.04. The van der Waals surface area contributed by atoms with Crippen LogP contribution in [-0.4, -0.2) is 55.6 Å². The summed E-state index contributed by atoms with van der Waals surface area (Å²) in [6.07, 6.45) is 2.08. The van der Waals surface area contributed by atoms with Crippen LogP contribution in [0.4, 0.5) is 10.1 Å². The third kappa shape index (κ3) is 2.41. The molecule has 2 aromatic rings. The van der Waals surface area contributed by atoms with Crippen LogP contribution in [-0.2, 0) is 0 Å². The Balaban J connectivity index is 2.00. The zero-order valence-corrected chi connectivity index (χ0v) is 14.3. The van der Waals surface area contributed by atoms with Crippen LogP contribution in [0.2, 0.25) is 0 Å². The molecule has 0 aliphatic carbocycles. The lowest BCUT2D eigenvalue weighted by Gasteiger charge is -2.37. The zero-order chi connectivity index (χ0) is 17.7. The van der Waals surface area contributed by atoms with Crippen molar-refractivity contribution < 1.29 is 13.9 Å². The molecule has 2 aliphatic heterocycles. The first-order valence-corrected chi connectivity index (χ1v) is 8.44. The molecule has 1 atom stereocenters. The van der Waals surface area contributed by atoms with Crippen LogP contribution >= 0.6 is 0 Å². The third-order valence-electron chi connectivity index (χ3n) is 5.12. The second-order valence-electron chi connectivity index (χ2n) is 6.82. The second-order valence-corrected chi connectivity index (χ2v) is 6.82. The highest BCUT2D eigenvalue weighted by Crippen LogP contribution is 2.41. The van der Waals surface area contributed by atoms with E-state index in [1.807, 2.05) is 23.4 Å². The molecule has 25 heavy (non-hydrogen) atoms. The van der Waals surface area contributed by atoms with E-state index in [2.05, 4.69) is 4.90 Å². The molecule has 1 aromatic heterocycles. The Morgan fingerprint density at radius 1 is 1.28 bits per heavy atom. The van der Waals surface area contributed by atoms with Crippen molar-refractivity contribution in [2.24, 2.45) is 0 Å². The van der Waals surface area contributed by atoms with Gasteiger partial charge >= 0.3 is 0 Å². The van der Waals surface area contributed by atoms with E-state index in [1.165, 1.54) is 6.07 Å². The predicted molar refractivity (Wildman–Crippen MR) is 93.5 cm³/mol. The van der Waals surface area contributed by atoms with Gasteiger partial charge in [0.2, 0.25) is 0 Å². The molecular weight excluding hydrogens is 325 g/mol. The molecule has 0 spiro atoms. The van der Waals surface area contributed by atoms with Gasteiger partial charge in [-0.15, -0.1) is 0 Å². The standard InChI is InChI=1S/C18H20FN3O3/c1-11-10-25-18-15-13(17(24)12(9-23)8-22(11)15)7-14(19)16(18)21-5-3-20(2)4-6-21/h7-9,11H,3-6,10H2,1-2H3/t11-/m0/s1. The van der Waals surface area contributed by atoms with Gasteiger partial charge in [0, 0.05) is 32.4 Å². The van der Waals surface area contributed by atoms with Crippen LogP contribution < -0.4 is 15.1 Å². The number of carbonyl (C=O) groups is 1. The topological polar surface area (TPSA) is 54.8 Å². The molecule has 0 unspecified atom stereocenters. The SMILES string of the molecule is C[C@H]1COc2c(N3CCN(C)CC3)c(F)cc3c(=O)c(C=O)cn1c23. The zero-order valence-electron chi connectivity index (χ0n) is 14.3. The summed E-state index contributed by atoms with van der Waals surface area (Å²) in [5.74, 6) is -0.0690. The fourth-order valence-corrected chi connectivity index (χ4v) is 3.64. The van der Waals surface area contributed by atoms with Gasteiger partial charge in [-0.25, -0.2) is 4.39 Å². The molecule has 1 aromatic carbocycles. The maximum Gasteiger partial charge on any atom is 0.200 e. The van der Waals surface area contributed by atoms with Crippen LogP contribution in [0.3, 0.4) is 0 Å². The predicted octanol–water partition coefficient (Wildman–Crippen LogP) is 1.66. The summed E-state index contributed by atoms with van der Waals surface area (Å²) in [5.41, 5.74) is 0.576. The molecule has 7 heteroatoms. The fourth-order valence-electron chi connectivity index (χ4n) is 3.64. The van der Waals surface area contributed by atoms with Gasteiger partial charge in [-0.2, -0.15) is 0 Å². The number of likely N-dealkylation sites (N-methyl/N-ethyl adjacent to an activating group) is 1. The van der Waals surface area contributed by atoms with E-state index in [4.69, 9.17) is 4.74 Å². The largest absolute Gasteiger partial charge is 0.487 e. The first-order valence-electron chi connectivity index (χ1n) is 8.44. The molecule has 0 N–H and O–H groups in total. The van der Waals surface area contributed by atoms with Crippen LogP contribution in [0.1, 0.15) is 23.3 Å². The number of nitrogens with zero attached hydrogens (tertiary/aromatic N) is 3. The van der Waals surface area contributed by atoms with Gasteiger partial charge in [0.1, 0.15) is 12.3 Å². The van der Waals surface area contributed by atoms with Crippen LogP contribution in [0.15, 0.2) is 17.1 Å². The van der Waals surface area contributed by atoms with Gasteiger partial charge in [-0.1, -0.05) is 0 Å². The number of pyridine rings is 1. The Kier molecular flexibility index (Phi) is 3.76. The summed E-state index contributed by atoms with van der Waals surface area (Å²) in [5, 5.41) is 0.196. The van der Waals surface area contributed by atoms with Crippen molar-refractivity contribution >= 4 is 22.9 Å². The van der Waals surface area contributed by atoms with Gasteiger partial charge in [-0.05, 0) is 20.0 Å². The number of aldehydes is 1. The van der Waals surface area contributed by atoms with Crippen molar-refractivity contribution in [2.45, 2.75) is 13.0 Å². The smallest absolute Gasteiger partial charge is 0.200 e. The number of rotatable bonds is 2. The van der Waals surface area contributed by atoms with Gasteiger partial charge < -0.3 is 19.1 Å². The van der Waals surface area contributed by atoms with Crippen LogP contribution in [0, 0.1) is 5.82 Å². The lowest BCUT2D eigenvalue weighted by atomic mass is 10.1. The number of aromatic nitrogens is 1. The van der Waals surface area contributed by atoms with E-state index in [0.29, 0.717) is 42.9 Å². The average Bonchev–Trinajstić information content (AvgIpc) is 2.60. The second kappa shape index (κ2) is 5.84. The van der Waals surface area contributed by atoms with E-state index in [9.17, 15) is 14.0 Å². The number of hydrogen-bond donors (Lipinski definition) is 0. The quantitative estimate of drug-likeness (QED) is 0.775. The minimum Gasteiger partial charge on any atom is -0.487 e. The molecule has 2 aliphatic rings. The molecular formula is C18H20FN3O3. The first-order chi connectivity index (χ1) is 12.0. The van der Waals surface area contributed by atoms with Gasteiger partial charge in [0.15, 0.2) is 23.3 Å². The summed E-state index contributed by atoms with van der Waals surface area (Å²) < 4.78 is 22.7. The van der Waals surface area contributed by atoms with Crippen molar-refractivity contribution in [3.8, 4) is 5.75 Å². The number of ether oxygens (including phenoxy) is 1. The highest BCUT2D eigenvalue weighted by Gasteiger charge is 2.30. The number of halogens is 1. The van der Waals surface area contributed by atoms with Gasteiger partial charge in [-0.3, -0.25) is 9.59 Å².